The quantitative estimate of drug-likeness (QED) is 0.750. The third-order valence-electron chi connectivity index (χ3n) is 5.16. The van der Waals surface area contributed by atoms with E-state index in [1.165, 1.54) is 12.0 Å². The standard InChI is InChI=1S/C21H27N5O/c1-3-27-18-8-6-16(7-9-18)13-25-10-4-5-17(14-25)19-12-20(22)26-21(23-19)11-15(2)24-26/h6-9,11-12,17H,3-5,10,13-14,22H2,1-2H3. The van der Waals surface area contributed by atoms with E-state index in [-0.39, 0.29) is 0 Å². The van der Waals surface area contributed by atoms with Crippen LogP contribution in [0.4, 0.5) is 5.82 Å². The summed E-state index contributed by atoms with van der Waals surface area (Å²) in [6.45, 7) is 7.74. The molecule has 4 rings (SSSR count). The molecule has 6 nitrogen and oxygen atoms in total. The Bertz CT molecular complexity index is 918. The summed E-state index contributed by atoms with van der Waals surface area (Å²) in [5.74, 6) is 2.00. The molecule has 0 bridgehead atoms. The first-order valence-electron chi connectivity index (χ1n) is 9.69. The number of fused-ring (bicyclic) bond motifs is 1. The van der Waals surface area contributed by atoms with Crippen LogP contribution in [0.25, 0.3) is 5.65 Å². The summed E-state index contributed by atoms with van der Waals surface area (Å²) in [6.07, 6.45) is 2.32. The molecule has 0 saturated carbocycles. The normalized spacial score (nSPS) is 18.1. The molecule has 1 aliphatic heterocycles. The number of rotatable bonds is 5. The molecule has 0 radical (unpaired) electrons. The van der Waals surface area contributed by atoms with Gasteiger partial charge in [0.2, 0.25) is 0 Å². The summed E-state index contributed by atoms with van der Waals surface area (Å²) >= 11 is 0. The summed E-state index contributed by atoms with van der Waals surface area (Å²) in [4.78, 5) is 7.34. The number of likely N-dealkylation sites (tertiary alicyclic amines) is 1. The van der Waals surface area contributed by atoms with E-state index in [1.54, 1.807) is 4.52 Å². The number of nitrogens with two attached hydrogens (primary N) is 1. The minimum atomic E-state index is 0.406. The van der Waals surface area contributed by atoms with Crippen LogP contribution in [0.15, 0.2) is 36.4 Å². The molecule has 6 heteroatoms. The number of aromatic nitrogens is 3. The van der Waals surface area contributed by atoms with Gasteiger partial charge in [-0.25, -0.2) is 4.98 Å². The van der Waals surface area contributed by atoms with Crippen LogP contribution in [-0.2, 0) is 6.54 Å². The molecule has 0 spiro atoms. The maximum absolute atomic E-state index is 6.21. The van der Waals surface area contributed by atoms with Gasteiger partial charge in [-0.1, -0.05) is 12.1 Å². The summed E-state index contributed by atoms with van der Waals surface area (Å²) in [7, 11) is 0. The number of piperidine rings is 1. The van der Waals surface area contributed by atoms with E-state index in [9.17, 15) is 0 Å². The van der Waals surface area contributed by atoms with Gasteiger partial charge in [0.05, 0.1) is 18.0 Å². The van der Waals surface area contributed by atoms with Crippen LogP contribution in [0.3, 0.4) is 0 Å². The fourth-order valence-corrected chi connectivity index (χ4v) is 3.90. The van der Waals surface area contributed by atoms with Crippen LogP contribution in [0.5, 0.6) is 5.75 Å². The van der Waals surface area contributed by atoms with E-state index in [0.29, 0.717) is 18.3 Å². The molecule has 0 amide bonds. The van der Waals surface area contributed by atoms with Crippen molar-refractivity contribution in [2.45, 2.75) is 39.2 Å². The van der Waals surface area contributed by atoms with Crippen LogP contribution in [0.1, 0.15) is 42.6 Å². The Hall–Kier alpha value is -2.60. The van der Waals surface area contributed by atoms with E-state index >= 15 is 0 Å². The summed E-state index contributed by atoms with van der Waals surface area (Å²) in [6, 6.07) is 12.4. The number of ether oxygens (including phenoxy) is 1. The SMILES string of the molecule is CCOc1ccc(CN2CCCC(c3cc(N)n4nc(C)cc4n3)C2)cc1. The lowest BCUT2D eigenvalue weighted by Gasteiger charge is -2.32. The highest BCUT2D eigenvalue weighted by atomic mass is 16.5. The van der Waals surface area contributed by atoms with Gasteiger partial charge in [-0.05, 0) is 50.9 Å². The lowest BCUT2D eigenvalue weighted by molar-refractivity contribution is 0.198. The van der Waals surface area contributed by atoms with Crippen LogP contribution in [0.2, 0.25) is 0 Å². The number of nitrogen functional groups attached to an aromatic ring is 1. The molecule has 27 heavy (non-hydrogen) atoms. The van der Waals surface area contributed by atoms with Gasteiger partial charge in [0.15, 0.2) is 5.65 Å². The average molecular weight is 365 g/mol. The van der Waals surface area contributed by atoms with Crippen molar-refractivity contribution in [1.82, 2.24) is 19.5 Å². The molecule has 1 aliphatic rings. The highest BCUT2D eigenvalue weighted by Gasteiger charge is 2.23. The second kappa shape index (κ2) is 7.56. The van der Waals surface area contributed by atoms with Crippen molar-refractivity contribution in [3.63, 3.8) is 0 Å². The zero-order chi connectivity index (χ0) is 18.8. The third kappa shape index (κ3) is 3.90. The summed E-state index contributed by atoms with van der Waals surface area (Å²) in [5, 5.41) is 4.40. The minimum Gasteiger partial charge on any atom is -0.494 e. The molecular formula is C21H27N5O. The van der Waals surface area contributed by atoms with E-state index in [4.69, 9.17) is 15.5 Å². The third-order valence-corrected chi connectivity index (χ3v) is 5.16. The highest BCUT2D eigenvalue weighted by molar-refractivity contribution is 5.48. The van der Waals surface area contributed by atoms with Gasteiger partial charge in [0, 0.05) is 31.1 Å². The van der Waals surface area contributed by atoms with E-state index < -0.39 is 0 Å². The van der Waals surface area contributed by atoms with Crippen molar-refractivity contribution in [3.05, 3.63) is 53.3 Å². The van der Waals surface area contributed by atoms with Crippen molar-refractivity contribution in [2.24, 2.45) is 0 Å². The first-order valence-corrected chi connectivity index (χ1v) is 9.69. The molecule has 1 fully saturated rings. The van der Waals surface area contributed by atoms with E-state index in [2.05, 4.69) is 34.3 Å². The lowest BCUT2D eigenvalue weighted by Crippen LogP contribution is -2.34. The van der Waals surface area contributed by atoms with Gasteiger partial charge >= 0.3 is 0 Å². The first kappa shape index (κ1) is 17.8. The number of hydrogen-bond acceptors (Lipinski definition) is 5. The molecule has 1 aromatic carbocycles. The largest absolute Gasteiger partial charge is 0.494 e. The van der Waals surface area contributed by atoms with Crippen molar-refractivity contribution in [2.75, 3.05) is 25.4 Å². The van der Waals surface area contributed by atoms with Gasteiger partial charge in [-0.2, -0.15) is 9.61 Å². The Balaban J connectivity index is 1.47. The van der Waals surface area contributed by atoms with Crippen molar-refractivity contribution < 1.29 is 4.74 Å². The van der Waals surface area contributed by atoms with Crippen molar-refractivity contribution in [3.8, 4) is 5.75 Å². The van der Waals surface area contributed by atoms with E-state index in [0.717, 1.165) is 48.8 Å². The minimum absolute atomic E-state index is 0.406. The zero-order valence-corrected chi connectivity index (χ0v) is 16.1. The Labute approximate surface area is 160 Å². The molecule has 142 valence electrons. The van der Waals surface area contributed by atoms with Crippen LogP contribution < -0.4 is 10.5 Å². The molecule has 1 unspecified atom stereocenters. The fraction of sp³-hybridized carbons (Fsp3) is 0.429. The van der Waals surface area contributed by atoms with Crippen LogP contribution in [0, 0.1) is 6.92 Å². The van der Waals surface area contributed by atoms with Gasteiger partial charge < -0.3 is 10.5 Å². The molecule has 3 heterocycles. The molecule has 0 aliphatic carbocycles. The summed E-state index contributed by atoms with van der Waals surface area (Å²) < 4.78 is 7.25. The van der Waals surface area contributed by atoms with Crippen molar-refractivity contribution >= 4 is 11.5 Å². The smallest absolute Gasteiger partial charge is 0.157 e. The Morgan fingerprint density at radius 1 is 1.22 bits per heavy atom. The Kier molecular flexibility index (Phi) is 4.99. The topological polar surface area (TPSA) is 68.7 Å². The molecule has 1 saturated heterocycles. The van der Waals surface area contributed by atoms with Crippen LogP contribution >= 0.6 is 0 Å². The molecule has 1 atom stereocenters. The predicted octanol–water partition coefficient (Wildman–Crippen LogP) is 3.40. The first-order chi connectivity index (χ1) is 13.1. The van der Waals surface area contributed by atoms with Gasteiger partial charge in [-0.15, -0.1) is 0 Å². The molecular weight excluding hydrogens is 338 g/mol. The zero-order valence-electron chi connectivity index (χ0n) is 16.1. The number of anilines is 1. The second-order valence-electron chi connectivity index (χ2n) is 7.31. The molecule has 2 aromatic heterocycles. The Morgan fingerprint density at radius 2 is 2.04 bits per heavy atom. The van der Waals surface area contributed by atoms with Crippen molar-refractivity contribution in [1.29, 1.82) is 0 Å². The van der Waals surface area contributed by atoms with Gasteiger partial charge in [0.25, 0.3) is 0 Å². The highest BCUT2D eigenvalue weighted by Crippen LogP contribution is 2.28. The molecule has 2 N–H and O–H groups in total. The number of aryl methyl sites for hydroxylation is 1. The lowest BCUT2D eigenvalue weighted by atomic mass is 9.94. The number of benzene rings is 1. The maximum atomic E-state index is 6.21. The average Bonchev–Trinajstić information content (AvgIpc) is 3.05. The van der Waals surface area contributed by atoms with Gasteiger partial charge in [-0.3, -0.25) is 4.90 Å². The second-order valence-corrected chi connectivity index (χ2v) is 7.31. The van der Waals surface area contributed by atoms with Gasteiger partial charge in [0.1, 0.15) is 11.6 Å². The fourth-order valence-electron chi connectivity index (χ4n) is 3.90. The predicted molar refractivity (Wildman–Crippen MR) is 107 cm³/mol. The maximum Gasteiger partial charge on any atom is 0.157 e. The van der Waals surface area contributed by atoms with E-state index in [1.807, 2.05) is 26.0 Å². The van der Waals surface area contributed by atoms with Crippen LogP contribution in [-0.4, -0.2) is 39.2 Å². The summed E-state index contributed by atoms with van der Waals surface area (Å²) in [5.41, 5.74) is 10.4. The number of nitrogens with zero attached hydrogens (tertiary/aromatic N) is 4. The number of hydrogen-bond donors (Lipinski definition) is 1. The Morgan fingerprint density at radius 3 is 2.81 bits per heavy atom. The monoisotopic (exact) mass is 365 g/mol. The molecule has 3 aromatic rings.